The van der Waals surface area contributed by atoms with Gasteiger partial charge in [0.25, 0.3) is 0 Å². The Morgan fingerprint density at radius 2 is 2.33 bits per heavy atom. The van der Waals surface area contributed by atoms with Crippen LogP contribution in [-0.4, -0.2) is 9.97 Å². The van der Waals surface area contributed by atoms with Crippen LogP contribution >= 0.6 is 11.6 Å². The molecule has 2 heterocycles. The van der Waals surface area contributed by atoms with Gasteiger partial charge in [0.15, 0.2) is 0 Å². The van der Waals surface area contributed by atoms with Crippen molar-refractivity contribution in [3.05, 3.63) is 39.9 Å². The van der Waals surface area contributed by atoms with E-state index in [4.69, 9.17) is 11.6 Å². The largest absolute Gasteiger partial charge is 0.311 e. The van der Waals surface area contributed by atoms with Crippen molar-refractivity contribution in [3.8, 4) is 0 Å². The molecule has 0 spiro atoms. The van der Waals surface area contributed by atoms with E-state index in [1.165, 1.54) is 6.07 Å². The fraction of sp³-hybridized carbons (Fsp3) is 0. The van der Waals surface area contributed by atoms with Gasteiger partial charge in [-0.3, -0.25) is 9.78 Å². The lowest BCUT2D eigenvalue weighted by molar-refractivity contribution is 1.24. The molecule has 0 aliphatic rings. The molecule has 60 valence electrons. The first-order valence-corrected chi connectivity index (χ1v) is 3.79. The van der Waals surface area contributed by atoms with Crippen LogP contribution in [0.15, 0.2) is 29.2 Å². The lowest BCUT2D eigenvalue weighted by Gasteiger charge is -1.96. The number of pyridine rings is 2. The van der Waals surface area contributed by atoms with Crippen LogP contribution in [0.25, 0.3) is 10.9 Å². The number of nitrogens with one attached hydrogen (secondary N) is 1. The normalized spacial score (nSPS) is 10.4. The van der Waals surface area contributed by atoms with Crippen molar-refractivity contribution >= 4 is 22.5 Å². The van der Waals surface area contributed by atoms with Gasteiger partial charge >= 0.3 is 0 Å². The molecular formula is C8H5ClN2O. The molecule has 0 amide bonds. The molecule has 2 aromatic heterocycles. The van der Waals surface area contributed by atoms with Gasteiger partial charge in [-0.1, -0.05) is 17.7 Å². The lowest BCUT2D eigenvalue weighted by Crippen LogP contribution is -2.03. The van der Waals surface area contributed by atoms with Crippen molar-refractivity contribution in [2.24, 2.45) is 0 Å². The summed E-state index contributed by atoms with van der Waals surface area (Å²) in [7, 11) is 0. The maximum Gasteiger partial charge on any atom is 0.249 e. The van der Waals surface area contributed by atoms with Gasteiger partial charge in [0, 0.05) is 17.6 Å². The number of fused-ring (bicyclic) bond motifs is 1. The van der Waals surface area contributed by atoms with Crippen molar-refractivity contribution in [1.29, 1.82) is 0 Å². The van der Waals surface area contributed by atoms with E-state index in [2.05, 4.69) is 9.97 Å². The number of halogens is 1. The average molecular weight is 181 g/mol. The van der Waals surface area contributed by atoms with E-state index in [1.807, 2.05) is 0 Å². The fourth-order valence-electron chi connectivity index (χ4n) is 1.06. The summed E-state index contributed by atoms with van der Waals surface area (Å²) in [5.41, 5.74) is 0.416. The summed E-state index contributed by atoms with van der Waals surface area (Å²) in [5.74, 6) is 0. The van der Waals surface area contributed by atoms with Crippen molar-refractivity contribution < 1.29 is 0 Å². The van der Waals surface area contributed by atoms with Gasteiger partial charge in [-0.2, -0.15) is 0 Å². The van der Waals surface area contributed by atoms with E-state index in [1.54, 1.807) is 18.3 Å². The minimum absolute atomic E-state index is 0.208. The second kappa shape index (κ2) is 2.60. The maximum atomic E-state index is 10.9. The van der Waals surface area contributed by atoms with Crippen LogP contribution in [0.5, 0.6) is 0 Å². The molecule has 0 bridgehead atoms. The van der Waals surface area contributed by atoms with Crippen molar-refractivity contribution in [2.45, 2.75) is 0 Å². The first-order chi connectivity index (χ1) is 5.77. The van der Waals surface area contributed by atoms with E-state index in [-0.39, 0.29) is 10.7 Å². The maximum absolute atomic E-state index is 10.9. The van der Waals surface area contributed by atoms with Crippen LogP contribution < -0.4 is 5.56 Å². The molecule has 2 rings (SSSR count). The zero-order valence-corrected chi connectivity index (χ0v) is 6.80. The summed E-state index contributed by atoms with van der Waals surface area (Å²) >= 11 is 5.74. The van der Waals surface area contributed by atoms with E-state index in [9.17, 15) is 4.79 Å². The molecule has 0 saturated heterocycles. The molecule has 12 heavy (non-hydrogen) atoms. The highest BCUT2D eigenvalue weighted by atomic mass is 35.5. The van der Waals surface area contributed by atoms with Crippen LogP contribution in [0.1, 0.15) is 0 Å². The molecule has 0 radical (unpaired) electrons. The molecule has 0 fully saturated rings. The molecule has 4 heteroatoms. The molecule has 0 atom stereocenters. The highest BCUT2D eigenvalue weighted by Crippen LogP contribution is 2.15. The number of aromatic nitrogens is 2. The summed E-state index contributed by atoms with van der Waals surface area (Å²) in [6, 6.07) is 5.02. The quantitative estimate of drug-likeness (QED) is 0.626. The number of rotatable bonds is 0. The second-order valence-electron chi connectivity index (χ2n) is 2.39. The Kier molecular flexibility index (Phi) is 1.59. The van der Waals surface area contributed by atoms with Crippen molar-refractivity contribution in [3.63, 3.8) is 0 Å². The van der Waals surface area contributed by atoms with Crippen molar-refractivity contribution in [1.82, 2.24) is 9.97 Å². The Labute approximate surface area is 73.0 Å². The highest BCUT2D eigenvalue weighted by molar-refractivity contribution is 6.33. The van der Waals surface area contributed by atoms with Crippen LogP contribution in [0.2, 0.25) is 5.15 Å². The minimum atomic E-state index is -0.208. The van der Waals surface area contributed by atoms with E-state index in [0.717, 1.165) is 5.39 Å². The zero-order chi connectivity index (χ0) is 8.55. The Morgan fingerprint density at radius 3 is 3.17 bits per heavy atom. The summed E-state index contributed by atoms with van der Waals surface area (Å²) in [5, 5.41) is 1.05. The summed E-state index contributed by atoms with van der Waals surface area (Å²) in [6.45, 7) is 0. The molecule has 2 aromatic rings. The molecule has 0 saturated carbocycles. The monoisotopic (exact) mass is 180 g/mol. The SMILES string of the molecule is O=c1cc2cccnc2c(Cl)[nH]1. The van der Waals surface area contributed by atoms with E-state index >= 15 is 0 Å². The van der Waals surface area contributed by atoms with Crippen LogP contribution in [0, 0.1) is 0 Å². The molecule has 3 nitrogen and oxygen atoms in total. The number of hydrogen-bond acceptors (Lipinski definition) is 2. The zero-order valence-electron chi connectivity index (χ0n) is 6.04. The fourth-order valence-corrected chi connectivity index (χ4v) is 1.31. The molecule has 0 aliphatic carbocycles. The predicted molar refractivity (Wildman–Crippen MR) is 47.4 cm³/mol. The standard InChI is InChI=1S/C8H5ClN2O/c9-8-7-5(2-1-3-10-7)4-6(12)11-8/h1-4H,(H,11,12). The Balaban J connectivity index is 2.99. The number of H-pyrrole nitrogens is 1. The third-order valence-electron chi connectivity index (χ3n) is 1.57. The van der Waals surface area contributed by atoms with Gasteiger partial charge in [0.2, 0.25) is 5.56 Å². The van der Waals surface area contributed by atoms with Gasteiger partial charge in [-0.25, -0.2) is 0 Å². The van der Waals surface area contributed by atoms with Crippen LogP contribution in [-0.2, 0) is 0 Å². The minimum Gasteiger partial charge on any atom is -0.311 e. The third-order valence-corrected chi connectivity index (χ3v) is 1.84. The van der Waals surface area contributed by atoms with Crippen LogP contribution in [0.3, 0.4) is 0 Å². The molecule has 0 aliphatic heterocycles. The topological polar surface area (TPSA) is 45.8 Å². The van der Waals surface area contributed by atoms with E-state index < -0.39 is 0 Å². The number of hydrogen-bond donors (Lipinski definition) is 1. The summed E-state index contributed by atoms with van der Waals surface area (Å²) < 4.78 is 0. The molecular weight excluding hydrogens is 176 g/mol. The summed E-state index contributed by atoms with van der Waals surface area (Å²) in [4.78, 5) is 17.4. The van der Waals surface area contributed by atoms with Gasteiger partial charge in [-0.15, -0.1) is 0 Å². The Morgan fingerprint density at radius 1 is 1.50 bits per heavy atom. The Hall–Kier alpha value is -1.35. The number of aromatic amines is 1. The highest BCUT2D eigenvalue weighted by Gasteiger charge is 1.99. The number of nitrogens with zero attached hydrogens (tertiary/aromatic N) is 1. The van der Waals surface area contributed by atoms with Gasteiger partial charge in [-0.05, 0) is 6.07 Å². The molecule has 1 N–H and O–H groups in total. The summed E-state index contributed by atoms with van der Waals surface area (Å²) in [6.07, 6.45) is 1.63. The van der Waals surface area contributed by atoms with Gasteiger partial charge < -0.3 is 4.98 Å². The average Bonchev–Trinajstić information content (AvgIpc) is 2.04. The molecule has 0 unspecified atom stereocenters. The first-order valence-electron chi connectivity index (χ1n) is 3.41. The Bertz CT molecular complexity index is 478. The third kappa shape index (κ3) is 1.08. The van der Waals surface area contributed by atoms with Crippen molar-refractivity contribution in [2.75, 3.05) is 0 Å². The first kappa shape index (κ1) is 7.31. The van der Waals surface area contributed by atoms with Crippen LogP contribution in [0.4, 0.5) is 0 Å². The predicted octanol–water partition coefficient (Wildman–Crippen LogP) is 1.58. The second-order valence-corrected chi connectivity index (χ2v) is 2.77. The molecule has 0 aromatic carbocycles. The smallest absolute Gasteiger partial charge is 0.249 e. The van der Waals surface area contributed by atoms with Gasteiger partial charge in [0.1, 0.15) is 10.7 Å². The van der Waals surface area contributed by atoms with E-state index in [0.29, 0.717) is 5.52 Å². The van der Waals surface area contributed by atoms with Gasteiger partial charge in [0.05, 0.1) is 0 Å². The lowest BCUT2D eigenvalue weighted by atomic mass is 10.3.